The van der Waals surface area contributed by atoms with Crippen molar-refractivity contribution in [1.29, 1.82) is 0 Å². The number of hydrogen-bond acceptors (Lipinski definition) is 6. The number of halogens is 2. The standard InChI is InChI=1S/C24H22BrFN6O/c1-32(2)12-11-27-23(33)21-19(18-5-3-4-6-20(18)25)13-15-14-28-24(31-22(15)30-21)29-17-9-7-16(26)8-10-17/h3-10,13-14H,11-12H2,1-2H3,(H,27,33)(H,28,29,30,31). The van der Waals surface area contributed by atoms with E-state index in [0.717, 1.165) is 10.0 Å². The average molecular weight is 509 g/mol. The van der Waals surface area contributed by atoms with Crippen molar-refractivity contribution in [2.45, 2.75) is 0 Å². The summed E-state index contributed by atoms with van der Waals surface area (Å²) in [5, 5.41) is 6.65. The summed E-state index contributed by atoms with van der Waals surface area (Å²) < 4.78 is 14.0. The number of anilines is 2. The van der Waals surface area contributed by atoms with Crippen LogP contribution in [0.4, 0.5) is 16.0 Å². The van der Waals surface area contributed by atoms with Crippen LogP contribution >= 0.6 is 15.9 Å². The molecule has 0 spiro atoms. The predicted octanol–water partition coefficient (Wildman–Crippen LogP) is 4.63. The molecule has 33 heavy (non-hydrogen) atoms. The molecule has 0 atom stereocenters. The highest BCUT2D eigenvalue weighted by Gasteiger charge is 2.19. The van der Waals surface area contributed by atoms with Gasteiger partial charge in [-0.2, -0.15) is 4.98 Å². The van der Waals surface area contributed by atoms with Crippen LogP contribution in [0, 0.1) is 5.82 Å². The van der Waals surface area contributed by atoms with Crippen LogP contribution in [0.3, 0.4) is 0 Å². The van der Waals surface area contributed by atoms with Crippen LogP contribution < -0.4 is 10.6 Å². The number of nitrogens with one attached hydrogen (secondary N) is 2. The molecule has 0 aliphatic carbocycles. The van der Waals surface area contributed by atoms with E-state index >= 15 is 0 Å². The Morgan fingerprint density at radius 1 is 1.06 bits per heavy atom. The first kappa shape index (κ1) is 22.8. The predicted molar refractivity (Wildman–Crippen MR) is 131 cm³/mol. The van der Waals surface area contributed by atoms with E-state index < -0.39 is 0 Å². The number of hydrogen-bond donors (Lipinski definition) is 2. The van der Waals surface area contributed by atoms with Gasteiger partial charge in [0.15, 0.2) is 5.65 Å². The van der Waals surface area contributed by atoms with Gasteiger partial charge in [-0.1, -0.05) is 34.1 Å². The van der Waals surface area contributed by atoms with Gasteiger partial charge in [0, 0.05) is 40.4 Å². The number of benzene rings is 2. The van der Waals surface area contributed by atoms with E-state index in [1.165, 1.54) is 12.1 Å². The maximum atomic E-state index is 13.2. The molecule has 0 bridgehead atoms. The Morgan fingerprint density at radius 2 is 1.82 bits per heavy atom. The van der Waals surface area contributed by atoms with Gasteiger partial charge in [0.1, 0.15) is 11.5 Å². The number of nitrogens with zero attached hydrogens (tertiary/aromatic N) is 4. The number of amides is 1. The minimum absolute atomic E-state index is 0.277. The van der Waals surface area contributed by atoms with Crippen molar-refractivity contribution in [2.75, 3.05) is 32.5 Å². The second-order valence-electron chi connectivity index (χ2n) is 7.66. The van der Waals surface area contributed by atoms with Crippen molar-refractivity contribution in [1.82, 2.24) is 25.2 Å². The minimum Gasteiger partial charge on any atom is -0.349 e. The molecule has 0 aliphatic heterocycles. The lowest BCUT2D eigenvalue weighted by Gasteiger charge is -2.14. The summed E-state index contributed by atoms with van der Waals surface area (Å²) in [5.41, 5.74) is 2.82. The van der Waals surface area contributed by atoms with Crippen molar-refractivity contribution in [3.05, 3.63) is 76.8 Å². The molecule has 0 radical (unpaired) electrons. The molecule has 2 heterocycles. The van der Waals surface area contributed by atoms with Gasteiger partial charge < -0.3 is 15.5 Å². The van der Waals surface area contributed by atoms with Crippen LogP contribution in [0.5, 0.6) is 0 Å². The molecule has 168 valence electrons. The van der Waals surface area contributed by atoms with Gasteiger partial charge in [-0.05, 0) is 56.1 Å². The van der Waals surface area contributed by atoms with Crippen LogP contribution in [0.15, 0.2) is 65.3 Å². The zero-order valence-corrected chi connectivity index (χ0v) is 19.7. The topological polar surface area (TPSA) is 83.0 Å². The smallest absolute Gasteiger partial charge is 0.270 e. The second-order valence-corrected chi connectivity index (χ2v) is 8.52. The van der Waals surface area contributed by atoms with Gasteiger partial charge in [-0.3, -0.25) is 4.79 Å². The lowest BCUT2D eigenvalue weighted by molar-refractivity contribution is 0.0947. The van der Waals surface area contributed by atoms with E-state index in [1.807, 2.05) is 49.3 Å². The summed E-state index contributed by atoms with van der Waals surface area (Å²) in [6.07, 6.45) is 1.65. The van der Waals surface area contributed by atoms with E-state index in [-0.39, 0.29) is 17.4 Å². The van der Waals surface area contributed by atoms with Gasteiger partial charge in [0.2, 0.25) is 5.95 Å². The zero-order valence-electron chi connectivity index (χ0n) is 18.1. The van der Waals surface area contributed by atoms with Crippen LogP contribution in [0.2, 0.25) is 0 Å². The Morgan fingerprint density at radius 3 is 2.55 bits per heavy atom. The highest BCUT2D eigenvalue weighted by atomic mass is 79.9. The number of rotatable bonds is 7. The molecule has 0 unspecified atom stereocenters. The highest BCUT2D eigenvalue weighted by Crippen LogP contribution is 2.32. The lowest BCUT2D eigenvalue weighted by atomic mass is 10.0. The molecular weight excluding hydrogens is 487 g/mol. The summed E-state index contributed by atoms with van der Waals surface area (Å²) in [6, 6.07) is 15.4. The molecule has 1 amide bonds. The maximum absolute atomic E-state index is 13.2. The molecule has 4 rings (SSSR count). The molecule has 9 heteroatoms. The molecule has 0 saturated heterocycles. The van der Waals surface area contributed by atoms with Crippen LogP contribution in [0.25, 0.3) is 22.2 Å². The Balaban J connectivity index is 1.74. The third-order valence-corrected chi connectivity index (χ3v) is 5.58. The van der Waals surface area contributed by atoms with E-state index in [2.05, 4.69) is 41.5 Å². The zero-order chi connectivity index (χ0) is 23.4. The minimum atomic E-state index is -0.328. The van der Waals surface area contributed by atoms with E-state index in [0.29, 0.717) is 41.3 Å². The summed E-state index contributed by atoms with van der Waals surface area (Å²) in [7, 11) is 3.89. The van der Waals surface area contributed by atoms with Gasteiger partial charge in [0.25, 0.3) is 5.91 Å². The van der Waals surface area contributed by atoms with Gasteiger partial charge in [-0.15, -0.1) is 0 Å². The summed E-state index contributed by atoms with van der Waals surface area (Å²) >= 11 is 3.57. The van der Waals surface area contributed by atoms with Crippen molar-refractivity contribution in [2.24, 2.45) is 0 Å². The Hall–Kier alpha value is -3.43. The van der Waals surface area contributed by atoms with Crippen molar-refractivity contribution in [3.63, 3.8) is 0 Å². The third-order valence-electron chi connectivity index (χ3n) is 4.89. The molecule has 0 saturated carbocycles. The van der Waals surface area contributed by atoms with Crippen LogP contribution in [-0.2, 0) is 0 Å². The Kier molecular flexibility index (Phi) is 6.90. The Labute approximate surface area is 199 Å². The van der Waals surface area contributed by atoms with Crippen molar-refractivity contribution >= 4 is 44.5 Å². The first-order valence-electron chi connectivity index (χ1n) is 10.3. The SMILES string of the molecule is CN(C)CCNC(=O)c1nc2nc(Nc3ccc(F)cc3)ncc2cc1-c1ccccc1Br. The second kappa shape index (κ2) is 10.0. The first-order chi connectivity index (χ1) is 15.9. The van der Waals surface area contributed by atoms with E-state index in [1.54, 1.807) is 18.3 Å². The number of carbonyl (C=O) groups is 1. The third kappa shape index (κ3) is 5.50. The van der Waals surface area contributed by atoms with Gasteiger partial charge in [-0.25, -0.2) is 14.4 Å². The number of carbonyl (C=O) groups excluding carboxylic acids is 1. The number of likely N-dealkylation sites (N-methyl/N-ethyl adjacent to an activating group) is 1. The van der Waals surface area contributed by atoms with Crippen LogP contribution in [0.1, 0.15) is 10.5 Å². The van der Waals surface area contributed by atoms with Crippen molar-refractivity contribution < 1.29 is 9.18 Å². The van der Waals surface area contributed by atoms with Gasteiger partial charge >= 0.3 is 0 Å². The summed E-state index contributed by atoms with van der Waals surface area (Å²) in [6.45, 7) is 1.19. The van der Waals surface area contributed by atoms with E-state index in [9.17, 15) is 9.18 Å². The fraction of sp³-hybridized carbons (Fsp3) is 0.167. The number of aromatic nitrogens is 3. The lowest BCUT2D eigenvalue weighted by Crippen LogP contribution is -2.32. The highest BCUT2D eigenvalue weighted by molar-refractivity contribution is 9.10. The monoisotopic (exact) mass is 508 g/mol. The van der Waals surface area contributed by atoms with E-state index in [4.69, 9.17) is 0 Å². The molecule has 2 aromatic heterocycles. The molecule has 7 nitrogen and oxygen atoms in total. The largest absolute Gasteiger partial charge is 0.349 e. The normalized spacial score (nSPS) is 11.1. The molecule has 2 N–H and O–H groups in total. The summed E-state index contributed by atoms with van der Waals surface area (Å²) in [5.74, 6) is -0.309. The van der Waals surface area contributed by atoms with Crippen LogP contribution in [-0.4, -0.2) is 52.9 Å². The fourth-order valence-corrected chi connectivity index (χ4v) is 3.72. The van der Waals surface area contributed by atoms with Gasteiger partial charge in [0.05, 0.1) is 0 Å². The average Bonchev–Trinajstić information content (AvgIpc) is 2.80. The molecule has 0 fully saturated rings. The quantitative estimate of drug-likeness (QED) is 0.378. The summed E-state index contributed by atoms with van der Waals surface area (Å²) in [4.78, 5) is 28.5. The molecule has 0 aliphatic rings. The fourth-order valence-electron chi connectivity index (χ4n) is 3.22. The number of pyridine rings is 1. The number of fused-ring (bicyclic) bond motifs is 1. The maximum Gasteiger partial charge on any atom is 0.270 e. The first-order valence-corrected chi connectivity index (χ1v) is 11.1. The molecule has 4 aromatic rings. The molecule has 2 aromatic carbocycles. The van der Waals surface area contributed by atoms with Crippen molar-refractivity contribution in [3.8, 4) is 11.1 Å². The Bertz CT molecular complexity index is 1300. The molecular formula is C24H22BrFN6O.